The fraction of sp³-hybridized carbons (Fsp3) is 0.462. The van der Waals surface area contributed by atoms with Crippen molar-refractivity contribution in [2.45, 2.75) is 32.4 Å². The Labute approximate surface area is 110 Å². The van der Waals surface area contributed by atoms with E-state index in [0.717, 1.165) is 22.9 Å². The number of carbonyl (C=O) groups excluding carboxylic acids is 1. The SMILES string of the molecule is Cc1ccc(Br)cc1CNC(=O)C1CCCO1. The number of benzene rings is 1. The molecule has 1 aromatic carbocycles. The summed E-state index contributed by atoms with van der Waals surface area (Å²) in [5, 5.41) is 2.92. The first kappa shape index (κ1) is 12.6. The van der Waals surface area contributed by atoms with Crippen molar-refractivity contribution in [1.29, 1.82) is 0 Å². The predicted octanol–water partition coefficient (Wildman–Crippen LogP) is 2.55. The van der Waals surface area contributed by atoms with Gasteiger partial charge in [0, 0.05) is 17.6 Å². The highest BCUT2D eigenvalue weighted by atomic mass is 79.9. The molecule has 1 unspecified atom stereocenters. The molecular weight excluding hydrogens is 282 g/mol. The number of hydrogen-bond donors (Lipinski definition) is 1. The second kappa shape index (κ2) is 5.65. The van der Waals surface area contributed by atoms with Crippen LogP contribution in [0.25, 0.3) is 0 Å². The molecule has 0 bridgehead atoms. The molecule has 0 spiro atoms. The molecule has 17 heavy (non-hydrogen) atoms. The summed E-state index contributed by atoms with van der Waals surface area (Å²) in [7, 11) is 0. The lowest BCUT2D eigenvalue weighted by atomic mass is 10.1. The first-order valence-electron chi connectivity index (χ1n) is 5.81. The van der Waals surface area contributed by atoms with Gasteiger partial charge in [-0.25, -0.2) is 0 Å². The molecule has 2 rings (SSSR count). The fourth-order valence-corrected chi connectivity index (χ4v) is 2.32. The van der Waals surface area contributed by atoms with Crippen molar-refractivity contribution in [1.82, 2.24) is 5.32 Å². The lowest BCUT2D eigenvalue weighted by Gasteiger charge is -2.12. The van der Waals surface area contributed by atoms with Gasteiger partial charge >= 0.3 is 0 Å². The van der Waals surface area contributed by atoms with E-state index in [2.05, 4.69) is 21.2 Å². The van der Waals surface area contributed by atoms with Gasteiger partial charge in [0.05, 0.1) is 0 Å². The number of hydrogen-bond acceptors (Lipinski definition) is 2. The van der Waals surface area contributed by atoms with Crippen LogP contribution in [0.2, 0.25) is 0 Å². The Balaban J connectivity index is 1.92. The van der Waals surface area contributed by atoms with Crippen molar-refractivity contribution in [2.75, 3.05) is 6.61 Å². The summed E-state index contributed by atoms with van der Waals surface area (Å²) in [5.41, 5.74) is 2.31. The number of halogens is 1. The van der Waals surface area contributed by atoms with E-state index >= 15 is 0 Å². The second-order valence-electron chi connectivity index (χ2n) is 4.29. The van der Waals surface area contributed by atoms with Crippen molar-refractivity contribution in [2.24, 2.45) is 0 Å². The Morgan fingerprint density at radius 1 is 1.59 bits per heavy atom. The molecular formula is C13H16BrNO2. The zero-order chi connectivity index (χ0) is 12.3. The molecule has 4 heteroatoms. The first-order valence-corrected chi connectivity index (χ1v) is 6.60. The molecule has 0 radical (unpaired) electrons. The summed E-state index contributed by atoms with van der Waals surface area (Å²) in [4.78, 5) is 11.8. The monoisotopic (exact) mass is 297 g/mol. The van der Waals surface area contributed by atoms with Gasteiger partial charge in [-0.1, -0.05) is 22.0 Å². The van der Waals surface area contributed by atoms with Gasteiger partial charge in [-0.3, -0.25) is 4.79 Å². The summed E-state index contributed by atoms with van der Waals surface area (Å²) >= 11 is 3.43. The molecule has 1 aliphatic heterocycles. The smallest absolute Gasteiger partial charge is 0.249 e. The Morgan fingerprint density at radius 3 is 3.12 bits per heavy atom. The second-order valence-corrected chi connectivity index (χ2v) is 5.21. The van der Waals surface area contributed by atoms with E-state index in [1.54, 1.807) is 0 Å². The van der Waals surface area contributed by atoms with Gasteiger partial charge in [-0.05, 0) is 43.0 Å². The number of rotatable bonds is 3. The van der Waals surface area contributed by atoms with Gasteiger partial charge < -0.3 is 10.1 Å². The Kier molecular flexibility index (Phi) is 4.18. The van der Waals surface area contributed by atoms with Gasteiger partial charge in [0.1, 0.15) is 6.10 Å². The van der Waals surface area contributed by atoms with Crippen LogP contribution in [0, 0.1) is 6.92 Å². The van der Waals surface area contributed by atoms with Crippen LogP contribution in [-0.4, -0.2) is 18.6 Å². The van der Waals surface area contributed by atoms with Crippen LogP contribution >= 0.6 is 15.9 Å². The first-order chi connectivity index (χ1) is 8.16. The van der Waals surface area contributed by atoms with Gasteiger partial charge in [0.15, 0.2) is 0 Å². The lowest BCUT2D eigenvalue weighted by molar-refractivity contribution is -0.130. The van der Waals surface area contributed by atoms with Crippen LogP contribution in [0.1, 0.15) is 24.0 Å². The highest BCUT2D eigenvalue weighted by Crippen LogP contribution is 2.16. The topological polar surface area (TPSA) is 38.3 Å². The van der Waals surface area contributed by atoms with Crippen LogP contribution in [0.3, 0.4) is 0 Å². The number of aryl methyl sites for hydroxylation is 1. The van der Waals surface area contributed by atoms with Gasteiger partial charge in [0.25, 0.3) is 0 Å². The van der Waals surface area contributed by atoms with Gasteiger partial charge in [0.2, 0.25) is 5.91 Å². The third-order valence-electron chi connectivity index (χ3n) is 2.99. The van der Waals surface area contributed by atoms with E-state index in [4.69, 9.17) is 4.74 Å². The maximum Gasteiger partial charge on any atom is 0.249 e. The number of amides is 1. The van der Waals surface area contributed by atoms with Crippen LogP contribution < -0.4 is 5.32 Å². The van der Waals surface area contributed by atoms with Crippen LogP contribution in [0.15, 0.2) is 22.7 Å². The minimum atomic E-state index is -0.248. The largest absolute Gasteiger partial charge is 0.368 e. The van der Waals surface area contributed by atoms with Crippen LogP contribution in [-0.2, 0) is 16.1 Å². The zero-order valence-electron chi connectivity index (χ0n) is 9.83. The number of nitrogens with one attached hydrogen (secondary N) is 1. The standard InChI is InChI=1S/C13H16BrNO2/c1-9-4-5-11(14)7-10(9)8-15-13(16)12-3-2-6-17-12/h4-5,7,12H,2-3,6,8H2,1H3,(H,15,16). The Hall–Kier alpha value is -0.870. The molecule has 1 heterocycles. The summed E-state index contributed by atoms with van der Waals surface area (Å²) in [5.74, 6) is 0.00174. The van der Waals surface area contributed by atoms with E-state index in [1.165, 1.54) is 5.56 Å². The molecule has 1 atom stereocenters. The maximum atomic E-state index is 11.8. The quantitative estimate of drug-likeness (QED) is 0.931. The van der Waals surface area contributed by atoms with Gasteiger partial charge in [-0.2, -0.15) is 0 Å². The highest BCUT2D eigenvalue weighted by molar-refractivity contribution is 9.10. The maximum absolute atomic E-state index is 11.8. The van der Waals surface area contributed by atoms with Crippen LogP contribution in [0.5, 0.6) is 0 Å². The number of carbonyl (C=O) groups is 1. The van der Waals surface area contributed by atoms with Crippen molar-refractivity contribution in [3.63, 3.8) is 0 Å². The summed E-state index contributed by atoms with van der Waals surface area (Å²) in [6, 6.07) is 6.07. The lowest BCUT2D eigenvalue weighted by Crippen LogP contribution is -2.33. The van der Waals surface area contributed by atoms with Gasteiger partial charge in [-0.15, -0.1) is 0 Å². The third kappa shape index (κ3) is 3.30. The van der Waals surface area contributed by atoms with E-state index in [1.807, 2.05) is 25.1 Å². The summed E-state index contributed by atoms with van der Waals surface area (Å²) in [6.07, 6.45) is 1.57. The molecule has 0 aliphatic carbocycles. The summed E-state index contributed by atoms with van der Waals surface area (Å²) in [6.45, 7) is 3.30. The molecule has 1 aliphatic rings. The molecule has 0 saturated carbocycles. The predicted molar refractivity (Wildman–Crippen MR) is 69.7 cm³/mol. The average molecular weight is 298 g/mol. The zero-order valence-corrected chi connectivity index (χ0v) is 11.4. The Bertz CT molecular complexity index is 414. The highest BCUT2D eigenvalue weighted by Gasteiger charge is 2.23. The third-order valence-corrected chi connectivity index (χ3v) is 3.48. The fourth-order valence-electron chi connectivity index (χ4n) is 1.91. The minimum absolute atomic E-state index is 0.00174. The van der Waals surface area contributed by atoms with Crippen molar-refractivity contribution >= 4 is 21.8 Å². The van der Waals surface area contributed by atoms with Crippen LogP contribution in [0.4, 0.5) is 0 Å². The normalized spacial score (nSPS) is 19.3. The van der Waals surface area contributed by atoms with E-state index in [9.17, 15) is 4.79 Å². The molecule has 1 amide bonds. The van der Waals surface area contributed by atoms with E-state index < -0.39 is 0 Å². The molecule has 3 nitrogen and oxygen atoms in total. The van der Waals surface area contributed by atoms with Crippen molar-refractivity contribution < 1.29 is 9.53 Å². The molecule has 1 N–H and O–H groups in total. The minimum Gasteiger partial charge on any atom is -0.368 e. The number of ether oxygens (including phenoxy) is 1. The molecule has 1 saturated heterocycles. The van der Waals surface area contributed by atoms with E-state index in [-0.39, 0.29) is 12.0 Å². The van der Waals surface area contributed by atoms with E-state index in [0.29, 0.717) is 13.2 Å². The summed E-state index contributed by atoms with van der Waals surface area (Å²) < 4.78 is 6.37. The average Bonchev–Trinajstić information content (AvgIpc) is 2.83. The molecule has 1 aromatic rings. The molecule has 0 aromatic heterocycles. The molecule has 1 fully saturated rings. The van der Waals surface area contributed by atoms with Crippen molar-refractivity contribution in [3.05, 3.63) is 33.8 Å². The van der Waals surface area contributed by atoms with Crippen molar-refractivity contribution in [3.8, 4) is 0 Å². The molecule has 92 valence electrons. The Morgan fingerprint density at radius 2 is 2.41 bits per heavy atom.